The highest BCUT2D eigenvalue weighted by Crippen LogP contribution is 2.46. The number of halogens is 5. The predicted octanol–water partition coefficient (Wildman–Crippen LogP) is 6.86. The van der Waals surface area contributed by atoms with Crippen LogP contribution in [-0.2, 0) is 9.47 Å². The van der Waals surface area contributed by atoms with Crippen LogP contribution in [0.3, 0.4) is 0 Å². The van der Waals surface area contributed by atoms with Gasteiger partial charge in [-0.1, -0.05) is 6.08 Å². The van der Waals surface area contributed by atoms with Crippen molar-refractivity contribution in [3.8, 4) is 5.75 Å². The highest BCUT2D eigenvalue weighted by molar-refractivity contribution is 5.25. The van der Waals surface area contributed by atoms with Crippen LogP contribution in [0.5, 0.6) is 5.75 Å². The van der Waals surface area contributed by atoms with E-state index in [1.54, 1.807) is 0 Å². The van der Waals surface area contributed by atoms with Crippen molar-refractivity contribution < 1.29 is 36.2 Å². The van der Waals surface area contributed by atoms with Crippen LogP contribution in [0.15, 0.2) is 24.8 Å². The van der Waals surface area contributed by atoms with Gasteiger partial charge in [0.25, 0.3) is 0 Å². The maximum Gasteiger partial charge on any atom is 0.400 e. The number of hydrogen-bond donors (Lipinski definition) is 0. The van der Waals surface area contributed by atoms with Crippen LogP contribution >= 0.6 is 0 Å². The highest BCUT2D eigenvalue weighted by Gasteiger charge is 2.45. The zero-order chi connectivity index (χ0) is 23.6. The molecule has 2 aliphatic carbocycles. The maximum absolute atomic E-state index is 14.6. The van der Waals surface area contributed by atoms with Gasteiger partial charge in [-0.25, -0.2) is 13.2 Å². The third kappa shape index (κ3) is 5.70. The summed E-state index contributed by atoms with van der Waals surface area (Å²) in [5, 5.41) is 0. The van der Waals surface area contributed by atoms with E-state index in [0.717, 1.165) is 25.7 Å². The minimum absolute atomic E-state index is 0.158. The molecule has 0 aromatic heterocycles. The van der Waals surface area contributed by atoms with Crippen LogP contribution in [-0.4, -0.2) is 25.6 Å². The first-order valence-corrected chi connectivity index (χ1v) is 11.8. The van der Waals surface area contributed by atoms with E-state index in [-0.39, 0.29) is 25.0 Å². The van der Waals surface area contributed by atoms with Gasteiger partial charge in [0, 0.05) is 24.0 Å². The topological polar surface area (TPSA) is 27.7 Å². The first-order chi connectivity index (χ1) is 15.8. The highest BCUT2D eigenvalue weighted by atomic mass is 19.3. The van der Waals surface area contributed by atoms with E-state index in [2.05, 4.69) is 11.3 Å². The molecule has 0 unspecified atom stereocenters. The van der Waals surface area contributed by atoms with Crippen molar-refractivity contribution in [3.63, 3.8) is 0 Å². The second-order valence-electron chi connectivity index (χ2n) is 9.68. The lowest BCUT2D eigenvalue weighted by Gasteiger charge is -2.41. The van der Waals surface area contributed by atoms with E-state index in [1.807, 2.05) is 6.08 Å². The second-order valence-corrected chi connectivity index (χ2v) is 9.68. The number of hydrogen-bond acceptors (Lipinski definition) is 3. The molecule has 33 heavy (non-hydrogen) atoms. The fraction of sp³-hybridized carbons (Fsp3) is 0.680. The normalized spacial score (nSPS) is 33.5. The summed E-state index contributed by atoms with van der Waals surface area (Å²) >= 11 is 0. The molecule has 0 amide bonds. The summed E-state index contributed by atoms with van der Waals surface area (Å²) in [6.07, 6.45) is 4.12. The molecular formula is C25H31F5O3. The summed E-state index contributed by atoms with van der Waals surface area (Å²) in [7, 11) is 0. The van der Waals surface area contributed by atoms with E-state index in [1.165, 1.54) is 0 Å². The molecule has 1 aromatic carbocycles. The summed E-state index contributed by atoms with van der Waals surface area (Å²) in [6.45, 7) is 5.07. The van der Waals surface area contributed by atoms with Crippen molar-refractivity contribution >= 4 is 0 Å². The second kappa shape index (κ2) is 10.3. The maximum atomic E-state index is 14.6. The van der Waals surface area contributed by atoms with E-state index in [9.17, 15) is 22.0 Å². The monoisotopic (exact) mass is 474 g/mol. The van der Waals surface area contributed by atoms with Gasteiger partial charge in [-0.2, -0.15) is 8.78 Å². The SMILES string of the molecule is C=CC1COC(C2CCC(C3CCC(C(F)(F)Oc4cc(F)c(F)c(F)c4)CC3)CC2)OC1. The summed E-state index contributed by atoms with van der Waals surface area (Å²) in [5.41, 5.74) is 0. The molecule has 1 saturated heterocycles. The van der Waals surface area contributed by atoms with Gasteiger partial charge in [-0.3, -0.25) is 0 Å². The average molecular weight is 475 g/mol. The number of benzene rings is 1. The molecule has 0 radical (unpaired) electrons. The molecule has 8 heteroatoms. The standard InChI is InChI=1S/C25H31F5O3/c1-2-15-13-31-24(32-14-15)18-5-3-16(4-6-18)17-7-9-19(10-8-17)25(29,30)33-20-11-21(26)23(28)22(27)12-20/h2,11-12,15-19,24H,1,3-10,13-14H2. The fourth-order valence-electron chi connectivity index (χ4n) is 5.59. The van der Waals surface area contributed by atoms with Gasteiger partial charge in [-0.05, 0) is 63.2 Å². The van der Waals surface area contributed by atoms with Gasteiger partial charge in [0.15, 0.2) is 23.7 Å². The molecule has 0 N–H and O–H groups in total. The Morgan fingerprint density at radius 1 is 0.818 bits per heavy atom. The number of rotatable bonds is 6. The first-order valence-electron chi connectivity index (χ1n) is 11.8. The Balaban J connectivity index is 1.24. The first kappa shape index (κ1) is 24.5. The minimum Gasteiger partial charge on any atom is -0.432 e. The lowest BCUT2D eigenvalue weighted by Crippen LogP contribution is -2.40. The summed E-state index contributed by atoms with van der Waals surface area (Å²) in [4.78, 5) is 0. The average Bonchev–Trinajstić information content (AvgIpc) is 2.82. The third-order valence-corrected chi connectivity index (χ3v) is 7.61. The third-order valence-electron chi connectivity index (χ3n) is 7.61. The minimum atomic E-state index is -3.57. The van der Waals surface area contributed by atoms with Crippen LogP contribution in [0.2, 0.25) is 0 Å². The van der Waals surface area contributed by atoms with Crippen LogP contribution in [0.1, 0.15) is 51.4 Å². The van der Waals surface area contributed by atoms with Crippen molar-refractivity contribution in [1.82, 2.24) is 0 Å². The van der Waals surface area contributed by atoms with Crippen molar-refractivity contribution in [2.75, 3.05) is 13.2 Å². The van der Waals surface area contributed by atoms with Crippen LogP contribution in [0, 0.1) is 47.0 Å². The van der Waals surface area contributed by atoms with E-state index in [0.29, 0.717) is 55.9 Å². The molecule has 1 aliphatic heterocycles. The summed E-state index contributed by atoms with van der Waals surface area (Å²) in [5.74, 6) is -5.04. The molecule has 0 atom stereocenters. The zero-order valence-corrected chi connectivity index (χ0v) is 18.6. The molecule has 0 spiro atoms. The number of ether oxygens (including phenoxy) is 3. The quantitative estimate of drug-likeness (QED) is 0.256. The molecular weight excluding hydrogens is 443 g/mol. The van der Waals surface area contributed by atoms with Gasteiger partial charge in [-0.15, -0.1) is 6.58 Å². The smallest absolute Gasteiger partial charge is 0.400 e. The lowest BCUT2D eigenvalue weighted by atomic mass is 9.69. The van der Waals surface area contributed by atoms with Gasteiger partial charge in [0.1, 0.15) is 5.75 Å². The van der Waals surface area contributed by atoms with Crippen LogP contribution in [0.25, 0.3) is 0 Å². The molecule has 184 valence electrons. The molecule has 0 bridgehead atoms. The predicted molar refractivity (Wildman–Crippen MR) is 112 cm³/mol. The Morgan fingerprint density at radius 2 is 1.30 bits per heavy atom. The van der Waals surface area contributed by atoms with Gasteiger partial charge in [0.05, 0.1) is 19.1 Å². The number of alkyl halides is 2. The largest absolute Gasteiger partial charge is 0.432 e. The van der Waals surface area contributed by atoms with Crippen LogP contribution < -0.4 is 4.74 Å². The molecule has 1 heterocycles. The Bertz CT molecular complexity index is 785. The molecule has 2 saturated carbocycles. The summed E-state index contributed by atoms with van der Waals surface area (Å²) < 4.78 is 85.4. The van der Waals surface area contributed by atoms with Crippen molar-refractivity contribution in [2.45, 2.75) is 63.8 Å². The van der Waals surface area contributed by atoms with Gasteiger partial charge >= 0.3 is 6.11 Å². The fourth-order valence-corrected chi connectivity index (χ4v) is 5.59. The van der Waals surface area contributed by atoms with Crippen molar-refractivity contribution in [3.05, 3.63) is 42.2 Å². The lowest BCUT2D eigenvalue weighted by molar-refractivity contribution is -0.227. The van der Waals surface area contributed by atoms with Crippen molar-refractivity contribution in [1.29, 1.82) is 0 Å². The molecule has 1 aromatic rings. The molecule has 3 aliphatic rings. The van der Waals surface area contributed by atoms with E-state index < -0.39 is 35.2 Å². The van der Waals surface area contributed by atoms with E-state index >= 15 is 0 Å². The molecule has 3 nitrogen and oxygen atoms in total. The molecule has 3 fully saturated rings. The zero-order valence-electron chi connectivity index (χ0n) is 18.6. The van der Waals surface area contributed by atoms with Crippen LogP contribution in [0.4, 0.5) is 22.0 Å². The Morgan fingerprint density at radius 3 is 1.82 bits per heavy atom. The Hall–Kier alpha value is -1.67. The molecule has 4 rings (SSSR count). The van der Waals surface area contributed by atoms with Gasteiger partial charge in [0.2, 0.25) is 0 Å². The summed E-state index contributed by atoms with van der Waals surface area (Å²) in [6, 6.07) is 0.904. The van der Waals surface area contributed by atoms with Gasteiger partial charge < -0.3 is 14.2 Å². The van der Waals surface area contributed by atoms with Crippen molar-refractivity contribution in [2.24, 2.45) is 29.6 Å². The Labute approximate surface area is 191 Å². The Kier molecular flexibility index (Phi) is 7.63. The van der Waals surface area contributed by atoms with E-state index in [4.69, 9.17) is 9.47 Å².